The van der Waals surface area contributed by atoms with E-state index in [2.05, 4.69) is 10.6 Å². The Kier molecular flexibility index (Phi) is 4.90. The second-order valence-electron chi connectivity index (χ2n) is 4.07. The summed E-state index contributed by atoms with van der Waals surface area (Å²) < 4.78 is 0. The van der Waals surface area contributed by atoms with Crippen LogP contribution in [0.4, 0.5) is 0 Å². The Morgan fingerprint density at radius 1 is 1.71 bits per heavy atom. The molecule has 14 heavy (non-hydrogen) atoms. The second-order valence-corrected chi connectivity index (χ2v) is 4.07. The highest BCUT2D eigenvalue weighted by molar-refractivity contribution is 5.76. The van der Waals surface area contributed by atoms with E-state index in [9.17, 15) is 4.79 Å². The number of hydrogen-bond donors (Lipinski definition) is 3. The molecule has 0 aliphatic carbocycles. The van der Waals surface area contributed by atoms with Crippen molar-refractivity contribution in [3.05, 3.63) is 0 Å². The number of amides is 1. The van der Waals surface area contributed by atoms with Crippen LogP contribution in [0.15, 0.2) is 0 Å². The second kappa shape index (κ2) is 5.98. The van der Waals surface area contributed by atoms with E-state index in [1.54, 1.807) is 6.92 Å². The molecule has 1 amide bonds. The van der Waals surface area contributed by atoms with E-state index in [1.807, 2.05) is 0 Å². The van der Waals surface area contributed by atoms with Crippen LogP contribution in [0.1, 0.15) is 26.2 Å². The first-order valence-corrected chi connectivity index (χ1v) is 5.34. The Labute approximate surface area is 85.1 Å². The molecule has 0 aromatic heterocycles. The predicted octanol–water partition coefficient (Wildman–Crippen LogP) is -0.127. The van der Waals surface area contributed by atoms with Crippen molar-refractivity contribution in [2.45, 2.75) is 32.3 Å². The normalized spacial score (nSPS) is 24.3. The molecular weight excluding hydrogens is 180 g/mol. The van der Waals surface area contributed by atoms with Crippen molar-refractivity contribution in [3.8, 4) is 0 Å². The van der Waals surface area contributed by atoms with Crippen LogP contribution < -0.4 is 10.6 Å². The van der Waals surface area contributed by atoms with Crippen LogP contribution in [0, 0.1) is 5.92 Å². The summed E-state index contributed by atoms with van der Waals surface area (Å²) in [4.78, 5) is 11.4. The number of hydrogen-bond acceptors (Lipinski definition) is 3. The predicted molar refractivity (Wildman–Crippen MR) is 54.9 cm³/mol. The van der Waals surface area contributed by atoms with E-state index in [0.29, 0.717) is 18.9 Å². The molecule has 1 saturated heterocycles. The maximum Gasteiger partial charge on any atom is 0.220 e. The first-order valence-electron chi connectivity index (χ1n) is 5.34. The van der Waals surface area contributed by atoms with Crippen molar-refractivity contribution in [2.75, 3.05) is 19.6 Å². The topological polar surface area (TPSA) is 61.4 Å². The van der Waals surface area contributed by atoms with Crippen molar-refractivity contribution in [2.24, 2.45) is 5.92 Å². The molecule has 0 aromatic carbocycles. The smallest absolute Gasteiger partial charge is 0.220 e. The maximum atomic E-state index is 11.4. The molecule has 1 fully saturated rings. The number of carbonyl (C=O) groups is 1. The highest BCUT2D eigenvalue weighted by Gasteiger charge is 2.16. The Bertz CT molecular complexity index is 177. The summed E-state index contributed by atoms with van der Waals surface area (Å²) in [5, 5.41) is 15.0. The summed E-state index contributed by atoms with van der Waals surface area (Å²) in [5.41, 5.74) is 0. The summed E-state index contributed by atoms with van der Waals surface area (Å²) >= 11 is 0. The first-order chi connectivity index (χ1) is 6.68. The van der Waals surface area contributed by atoms with Gasteiger partial charge in [0, 0.05) is 13.0 Å². The minimum Gasteiger partial charge on any atom is -0.392 e. The van der Waals surface area contributed by atoms with Crippen molar-refractivity contribution in [1.82, 2.24) is 10.6 Å². The number of rotatable bonds is 4. The quantitative estimate of drug-likeness (QED) is 0.592. The Hall–Kier alpha value is -0.610. The molecule has 0 spiro atoms. The molecule has 1 aliphatic rings. The lowest BCUT2D eigenvalue weighted by atomic mass is 9.96. The minimum atomic E-state index is -0.455. The van der Waals surface area contributed by atoms with Crippen LogP contribution >= 0.6 is 0 Å². The van der Waals surface area contributed by atoms with Crippen molar-refractivity contribution >= 4 is 5.91 Å². The third-order valence-electron chi connectivity index (χ3n) is 2.47. The Morgan fingerprint density at radius 3 is 3.07 bits per heavy atom. The third-order valence-corrected chi connectivity index (χ3v) is 2.47. The standard InChI is InChI=1S/C10H20N2O2/c1-8(13)6-12-10(14)5-9-3-2-4-11-7-9/h8-9,11,13H,2-7H2,1H3,(H,12,14)/t8-,9?/m1/s1. The van der Waals surface area contributed by atoms with Crippen LogP contribution in [0.5, 0.6) is 0 Å². The molecule has 4 heteroatoms. The van der Waals surface area contributed by atoms with Gasteiger partial charge < -0.3 is 15.7 Å². The van der Waals surface area contributed by atoms with Gasteiger partial charge in [-0.1, -0.05) is 0 Å². The molecule has 1 unspecified atom stereocenters. The molecule has 4 nitrogen and oxygen atoms in total. The summed E-state index contributed by atoms with van der Waals surface area (Å²) in [7, 11) is 0. The van der Waals surface area contributed by atoms with E-state index in [4.69, 9.17) is 5.11 Å². The van der Waals surface area contributed by atoms with Crippen LogP contribution in [0.25, 0.3) is 0 Å². The lowest BCUT2D eigenvalue weighted by Gasteiger charge is -2.22. The van der Waals surface area contributed by atoms with Gasteiger partial charge in [0.2, 0.25) is 5.91 Å². The Morgan fingerprint density at radius 2 is 2.50 bits per heavy atom. The molecule has 1 aliphatic heterocycles. The monoisotopic (exact) mass is 200 g/mol. The lowest BCUT2D eigenvalue weighted by Crippen LogP contribution is -2.36. The zero-order valence-electron chi connectivity index (χ0n) is 8.75. The fourth-order valence-electron chi connectivity index (χ4n) is 1.69. The largest absolute Gasteiger partial charge is 0.392 e. The summed E-state index contributed by atoms with van der Waals surface area (Å²) in [6.45, 7) is 4.05. The lowest BCUT2D eigenvalue weighted by molar-refractivity contribution is -0.122. The summed E-state index contributed by atoms with van der Waals surface area (Å²) in [6, 6.07) is 0. The van der Waals surface area contributed by atoms with Gasteiger partial charge in [-0.3, -0.25) is 4.79 Å². The van der Waals surface area contributed by atoms with Crippen LogP contribution in [0.2, 0.25) is 0 Å². The van der Waals surface area contributed by atoms with Gasteiger partial charge in [-0.15, -0.1) is 0 Å². The SMILES string of the molecule is C[C@@H](O)CNC(=O)CC1CCCNC1. The molecule has 0 bridgehead atoms. The highest BCUT2D eigenvalue weighted by Crippen LogP contribution is 2.13. The molecule has 3 N–H and O–H groups in total. The molecule has 0 radical (unpaired) electrons. The molecule has 0 saturated carbocycles. The van der Waals surface area contributed by atoms with E-state index in [1.165, 1.54) is 0 Å². The third kappa shape index (κ3) is 4.58. The van der Waals surface area contributed by atoms with Gasteiger partial charge in [-0.25, -0.2) is 0 Å². The van der Waals surface area contributed by atoms with Crippen molar-refractivity contribution in [1.29, 1.82) is 0 Å². The zero-order chi connectivity index (χ0) is 10.4. The average molecular weight is 200 g/mol. The summed E-state index contributed by atoms with van der Waals surface area (Å²) in [6.07, 6.45) is 2.42. The van der Waals surface area contributed by atoms with Gasteiger partial charge >= 0.3 is 0 Å². The van der Waals surface area contributed by atoms with E-state index < -0.39 is 6.10 Å². The fourth-order valence-corrected chi connectivity index (χ4v) is 1.69. The summed E-state index contributed by atoms with van der Waals surface area (Å²) in [5.74, 6) is 0.525. The average Bonchev–Trinajstić information content (AvgIpc) is 2.16. The number of aliphatic hydroxyl groups excluding tert-OH is 1. The van der Waals surface area contributed by atoms with Gasteiger partial charge in [0.15, 0.2) is 0 Å². The number of nitrogens with one attached hydrogen (secondary N) is 2. The molecule has 2 atom stereocenters. The van der Waals surface area contributed by atoms with Gasteiger partial charge in [-0.2, -0.15) is 0 Å². The molecule has 1 rings (SSSR count). The van der Waals surface area contributed by atoms with Gasteiger partial charge in [0.1, 0.15) is 0 Å². The molecule has 0 aromatic rings. The van der Waals surface area contributed by atoms with Crippen LogP contribution in [0.3, 0.4) is 0 Å². The fraction of sp³-hybridized carbons (Fsp3) is 0.900. The van der Waals surface area contributed by atoms with Gasteiger partial charge in [0.25, 0.3) is 0 Å². The number of piperidine rings is 1. The van der Waals surface area contributed by atoms with Crippen LogP contribution in [-0.4, -0.2) is 36.8 Å². The van der Waals surface area contributed by atoms with Crippen molar-refractivity contribution < 1.29 is 9.90 Å². The van der Waals surface area contributed by atoms with Crippen LogP contribution in [-0.2, 0) is 4.79 Å². The minimum absolute atomic E-state index is 0.0552. The molecule has 1 heterocycles. The van der Waals surface area contributed by atoms with E-state index in [0.717, 1.165) is 25.9 Å². The maximum absolute atomic E-state index is 11.4. The molecular formula is C10H20N2O2. The number of carbonyl (C=O) groups excluding carboxylic acids is 1. The van der Waals surface area contributed by atoms with Gasteiger partial charge in [0.05, 0.1) is 6.10 Å². The number of aliphatic hydroxyl groups is 1. The van der Waals surface area contributed by atoms with E-state index >= 15 is 0 Å². The highest BCUT2D eigenvalue weighted by atomic mass is 16.3. The van der Waals surface area contributed by atoms with E-state index in [-0.39, 0.29) is 5.91 Å². The van der Waals surface area contributed by atoms with Crippen molar-refractivity contribution in [3.63, 3.8) is 0 Å². The van der Waals surface area contributed by atoms with Gasteiger partial charge in [-0.05, 0) is 38.8 Å². The zero-order valence-corrected chi connectivity index (χ0v) is 8.75. The first kappa shape index (κ1) is 11.5. The molecule has 82 valence electrons. The Balaban J connectivity index is 2.12.